The van der Waals surface area contributed by atoms with E-state index in [1.165, 1.54) is 13.2 Å². The Morgan fingerprint density at radius 1 is 1.09 bits per heavy atom. The van der Waals surface area contributed by atoms with Crippen molar-refractivity contribution in [2.75, 3.05) is 20.2 Å². The smallest absolute Gasteiger partial charge is 0.336 e. The van der Waals surface area contributed by atoms with E-state index >= 15 is 0 Å². The van der Waals surface area contributed by atoms with Gasteiger partial charge in [0.2, 0.25) is 0 Å². The van der Waals surface area contributed by atoms with Gasteiger partial charge in [0.05, 0.1) is 13.0 Å². The number of amides is 2. The Kier molecular flexibility index (Phi) is 6.25. The van der Waals surface area contributed by atoms with Crippen LogP contribution in [0.25, 0.3) is 22.1 Å². The number of fused-ring (bicyclic) bond motifs is 1. The number of hydrogen-bond acceptors (Lipinski definition) is 5. The summed E-state index contributed by atoms with van der Waals surface area (Å²) in [6, 6.07) is 14.9. The van der Waals surface area contributed by atoms with Gasteiger partial charge in [-0.15, -0.1) is 0 Å². The Bertz CT molecular complexity index is 1210. The summed E-state index contributed by atoms with van der Waals surface area (Å²) in [5.41, 5.74) is 3.80. The van der Waals surface area contributed by atoms with Crippen molar-refractivity contribution in [3.05, 3.63) is 70.1 Å². The van der Waals surface area contributed by atoms with Gasteiger partial charge in [-0.25, -0.2) is 9.59 Å². The molecule has 1 N–H and O–H groups in total. The lowest BCUT2D eigenvalue weighted by molar-refractivity contribution is -0.146. The minimum atomic E-state index is -0.412. The Labute approximate surface area is 186 Å². The van der Waals surface area contributed by atoms with E-state index in [0.717, 1.165) is 27.6 Å². The molecule has 1 aliphatic heterocycles. The summed E-state index contributed by atoms with van der Waals surface area (Å²) in [5, 5.41) is 3.76. The van der Waals surface area contributed by atoms with Gasteiger partial charge < -0.3 is 19.4 Å². The second kappa shape index (κ2) is 9.26. The van der Waals surface area contributed by atoms with E-state index in [2.05, 4.69) is 5.32 Å². The lowest BCUT2D eigenvalue weighted by Gasteiger charge is -2.30. The maximum Gasteiger partial charge on any atom is 0.336 e. The molecular formula is C25H26N2O5. The van der Waals surface area contributed by atoms with E-state index in [9.17, 15) is 14.4 Å². The van der Waals surface area contributed by atoms with Gasteiger partial charge in [-0.2, -0.15) is 0 Å². The first-order valence-corrected chi connectivity index (χ1v) is 10.7. The van der Waals surface area contributed by atoms with E-state index in [0.29, 0.717) is 38.1 Å². The average Bonchev–Trinajstić information content (AvgIpc) is 2.81. The number of likely N-dealkylation sites (tertiary alicyclic amines) is 1. The first kappa shape index (κ1) is 21.6. The average molecular weight is 434 g/mol. The quantitative estimate of drug-likeness (QED) is 0.498. The van der Waals surface area contributed by atoms with Gasteiger partial charge in [0, 0.05) is 36.7 Å². The van der Waals surface area contributed by atoms with Crippen molar-refractivity contribution in [1.82, 2.24) is 10.2 Å². The molecule has 1 saturated heterocycles. The van der Waals surface area contributed by atoms with Gasteiger partial charge >= 0.3 is 17.6 Å². The number of nitrogens with one attached hydrogen (secondary N) is 1. The molecule has 4 rings (SSSR count). The van der Waals surface area contributed by atoms with Crippen molar-refractivity contribution in [1.29, 1.82) is 0 Å². The molecule has 0 saturated carbocycles. The van der Waals surface area contributed by atoms with Gasteiger partial charge in [-0.1, -0.05) is 36.4 Å². The fourth-order valence-corrected chi connectivity index (χ4v) is 4.19. The van der Waals surface area contributed by atoms with Crippen LogP contribution in [0, 0.1) is 12.8 Å². The van der Waals surface area contributed by atoms with Crippen LogP contribution in [0.1, 0.15) is 24.0 Å². The largest absolute Gasteiger partial charge is 0.469 e. The number of carbonyl (C=O) groups excluding carboxylic acids is 2. The second-order valence-corrected chi connectivity index (χ2v) is 8.07. The lowest BCUT2D eigenvalue weighted by atomic mass is 9.97. The molecule has 0 aliphatic carbocycles. The number of carbonyl (C=O) groups is 2. The molecular weight excluding hydrogens is 408 g/mol. The number of urea groups is 1. The summed E-state index contributed by atoms with van der Waals surface area (Å²) in [7, 11) is 1.39. The molecule has 7 nitrogen and oxygen atoms in total. The van der Waals surface area contributed by atoms with Gasteiger partial charge in [-0.05, 0) is 42.5 Å². The monoisotopic (exact) mass is 434 g/mol. The van der Waals surface area contributed by atoms with Crippen molar-refractivity contribution in [2.24, 2.45) is 5.92 Å². The van der Waals surface area contributed by atoms with Crippen LogP contribution >= 0.6 is 0 Å². The molecule has 2 aromatic carbocycles. The predicted octanol–water partition coefficient (Wildman–Crippen LogP) is 3.86. The second-order valence-electron chi connectivity index (χ2n) is 8.07. The highest BCUT2D eigenvalue weighted by Gasteiger charge is 2.27. The topological polar surface area (TPSA) is 88.9 Å². The summed E-state index contributed by atoms with van der Waals surface area (Å²) in [6.07, 6.45) is 1.20. The van der Waals surface area contributed by atoms with Crippen LogP contribution in [0.2, 0.25) is 0 Å². The number of esters is 1. The van der Waals surface area contributed by atoms with Crippen LogP contribution in [0.15, 0.2) is 57.7 Å². The third kappa shape index (κ3) is 4.51. The Morgan fingerprint density at radius 3 is 2.56 bits per heavy atom. The van der Waals surface area contributed by atoms with Crippen LogP contribution < -0.4 is 10.9 Å². The van der Waals surface area contributed by atoms with Crippen LogP contribution in [-0.2, 0) is 16.1 Å². The molecule has 2 amide bonds. The normalized spacial score (nSPS) is 14.4. The molecule has 0 atom stereocenters. The van der Waals surface area contributed by atoms with Crippen molar-refractivity contribution in [3.8, 4) is 11.1 Å². The zero-order valence-electron chi connectivity index (χ0n) is 18.2. The van der Waals surface area contributed by atoms with E-state index < -0.39 is 5.63 Å². The van der Waals surface area contributed by atoms with Crippen molar-refractivity contribution in [2.45, 2.75) is 26.3 Å². The predicted molar refractivity (Wildman–Crippen MR) is 121 cm³/mol. The van der Waals surface area contributed by atoms with Crippen molar-refractivity contribution in [3.63, 3.8) is 0 Å². The standard InChI is InChI=1S/C25H26N2O5/c1-16-5-3-4-6-19(16)21-14-23(28)32-22-13-17(7-8-20(21)22)15-26-25(30)27-11-9-18(10-12-27)24(29)31-2/h3-8,13-14,18H,9-12,15H2,1-2H3,(H,26,30). The molecule has 0 unspecified atom stereocenters. The summed E-state index contributed by atoms with van der Waals surface area (Å²) in [6.45, 7) is 3.34. The number of nitrogens with zero attached hydrogens (tertiary/aromatic N) is 1. The SMILES string of the molecule is COC(=O)C1CCN(C(=O)NCc2ccc3c(-c4ccccc4C)cc(=O)oc3c2)CC1. The number of rotatable bonds is 4. The Balaban J connectivity index is 1.47. The molecule has 2 heterocycles. The highest BCUT2D eigenvalue weighted by atomic mass is 16.5. The van der Waals surface area contributed by atoms with Gasteiger partial charge in [0.1, 0.15) is 5.58 Å². The maximum absolute atomic E-state index is 12.5. The number of benzene rings is 2. The molecule has 1 fully saturated rings. The van der Waals surface area contributed by atoms with Crippen LogP contribution in [0.3, 0.4) is 0 Å². The summed E-state index contributed by atoms with van der Waals surface area (Å²) >= 11 is 0. The number of piperidine rings is 1. The van der Waals surface area contributed by atoms with Gasteiger partial charge in [-0.3, -0.25) is 4.79 Å². The Hall–Kier alpha value is -3.61. The van der Waals surface area contributed by atoms with E-state index in [-0.39, 0.29) is 17.9 Å². The minimum absolute atomic E-state index is 0.144. The van der Waals surface area contributed by atoms with E-state index in [4.69, 9.17) is 9.15 Å². The van der Waals surface area contributed by atoms with Crippen molar-refractivity contribution < 1.29 is 18.7 Å². The molecule has 0 spiro atoms. The van der Waals surface area contributed by atoms with E-state index in [1.807, 2.05) is 43.3 Å². The number of methoxy groups -OCH3 is 1. The molecule has 166 valence electrons. The fraction of sp³-hybridized carbons (Fsp3) is 0.320. The van der Waals surface area contributed by atoms with Gasteiger partial charge in [0.25, 0.3) is 0 Å². The Morgan fingerprint density at radius 2 is 1.84 bits per heavy atom. The molecule has 32 heavy (non-hydrogen) atoms. The lowest BCUT2D eigenvalue weighted by Crippen LogP contribution is -2.45. The number of aryl methyl sites for hydroxylation is 1. The molecule has 0 bridgehead atoms. The molecule has 1 aliphatic rings. The number of ether oxygens (including phenoxy) is 1. The molecule has 0 radical (unpaired) electrons. The highest BCUT2D eigenvalue weighted by Crippen LogP contribution is 2.30. The van der Waals surface area contributed by atoms with Crippen LogP contribution in [0.4, 0.5) is 4.79 Å². The zero-order valence-corrected chi connectivity index (χ0v) is 18.2. The summed E-state index contributed by atoms with van der Waals surface area (Å²) in [5.74, 6) is -0.359. The highest BCUT2D eigenvalue weighted by molar-refractivity contribution is 5.94. The van der Waals surface area contributed by atoms with Gasteiger partial charge in [0.15, 0.2) is 0 Å². The first-order valence-electron chi connectivity index (χ1n) is 10.7. The molecule has 1 aromatic heterocycles. The van der Waals surface area contributed by atoms with Crippen LogP contribution in [-0.4, -0.2) is 37.1 Å². The minimum Gasteiger partial charge on any atom is -0.469 e. The molecule has 7 heteroatoms. The van der Waals surface area contributed by atoms with Crippen LogP contribution in [0.5, 0.6) is 0 Å². The maximum atomic E-state index is 12.5. The zero-order chi connectivity index (χ0) is 22.7. The molecule has 3 aromatic rings. The fourth-order valence-electron chi connectivity index (χ4n) is 4.19. The third-order valence-electron chi connectivity index (χ3n) is 6.00. The van der Waals surface area contributed by atoms with E-state index in [1.54, 1.807) is 11.0 Å². The first-order chi connectivity index (χ1) is 15.5. The third-order valence-corrected chi connectivity index (χ3v) is 6.00. The van der Waals surface area contributed by atoms with Crippen molar-refractivity contribution >= 4 is 23.0 Å². The summed E-state index contributed by atoms with van der Waals surface area (Å²) < 4.78 is 10.2. The summed E-state index contributed by atoms with van der Waals surface area (Å²) in [4.78, 5) is 38.1. The number of hydrogen-bond donors (Lipinski definition) is 1.